The topological polar surface area (TPSA) is 47.9 Å². The number of aliphatic hydroxyl groups excluding tert-OH is 1. The van der Waals surface area contributed by atoms with Gasteiger partial charge in [-0.05, 0) is 60.9 Å². The Bertz CT molecular complexity index is 1060. The molecule has 29 heavy (non-hydrogen) atoms. The maximum atomic E-state index is 14.4. The first kappa shape index (κ1) is 19.3. The van der Waals surface area contributed by atoms with Crippen LogP contribution in [0.1, 0.15) is 25.0 Å². The molecule has 5 heteroatoms. The van der Waals surface area contributed by atoms with Crippen molar-refractivity contribution in [2.45, 2.75) is 33.2 Å². The van der Waals surface area contributed by atoms with Gasteiger partial charge < -0.3 is 19.3 Å². The van der Waals surface area contributed by atoms with Crippen molar-refractivity contribution in [2.24, 2.45) is 0 Å². The average Bonchev–Trinajstić information content (AvgIpc) is 2.72. The molecule has 3 aromatic carbocycles. The van der Waals surface area contributed by atoms with E-state index in [2.05, 4.69) is 0 Å². The van der Waals surface area contributed by atoms with E-state index in [1.54, 1.807) is 31.4 Å². The van der Waals surface area contributed by atoms with Crippen LogP contribution in [-0.2, 0) is 13.2 Å². The molecule has 1 aliphatic heterocycles. The highest BCUT2D eigenvalue weighted by Gasteiger charge is 2.24. The van der Waals surface area contributed by atoms with Gasteiger partial charge in [0, 0.05) is 16.7 Å². The van der Waals surface area contributed by atoms with Gasteiger partial charge in [0.25, 0.3) is 0 Å². The minimum absolute atomic E-state index is 0.0167. The van der Waals surface area contributed by atoms with Crippen molar-refractivity contribution in [3.63, 3.8) is 0 Å². The first-order valence-corrected chi connectivity index (χ1v) is 9.55. The van der Waals surface area contributed by atoms with Crippen molar-refractivity contribution in [1.82, 2.24) is 0 Å². The highest BCUT2D eigenvalue weighted by molar-refractivity contribution is 5.83. The SMILES string of the molecule is COc1cc2c(cc1OC(C)C)COc1cc(-c3ccccc3F)c(CO)cc1-2. The second kappa shape index (κ2) is 7.76. The number of methoxy groups -OCH3 is 1. The third-order valence-electron chi connectivity index (χ3n) is 4.97. The molecule has 1 N–H and O–H groups in total. The molecule has 0 aliphatic carbocycles. The van der Waals surface area contributed by atoms with Gasteiger partial charge in [0.2, 0.25) is 0 Å². The molecule has 0 aromatic heterocycles. The third kappa shape index (κ3) is 3.54. The highest BCUT2D eigenvalue weighted by Crippen LogP contribution is 2.45. The van der Waals surface area contributed by atoms with Gasteiger partial charge in [-0.1, -0.05) is 18.2 Å². The lowest BCUT2D eigenvalue weighted by molar-refractivity contribution is 0.228. The molecule has 0 saturated carbocycles. The molecule has 4 rings (SSSR count). The highest BCUT2D eigenvalue weighted by atomic mass is 19.1. The van der Waals surface area contributed by atoms with Gasteiger partial charge in [-0.25, -0.2) is 4.39 Å². The van der Waals surface area contributed by atoms with Gasteiger partial charge in [0.15, 0.2) is 11.5 Å². The lowest BCUT2D eigenvalue weighted by Crippen LogP contribution is -2.11. The predicted molar refractivity (Wildman–Crippen MR) is 110 cm³/mol. The first-order chi connectivity index (χ1) is 14.0. The van der Waals surface area contributed by atoms with Gasteiger partial charge in [0.05, 0.1) is 19.8 Å². The van der Waals surface area contributed by atoms with E-state index < -0.39 is 0 Å². The second-order valence-corrected chi connectivity index (χ2v) is 7.26. The third-order valence-corrected chi connectivity index (χ3v) is 4.97. The maximum absolute atomic E-state index is 14.4. The Hall–Kier alpha value is -3.05. The van der Waals surface area contributed by atoms with Crippen LogP contribution in [0.4, 0.5) is 4.39 Å². The summed E-state index contributed by atoms with van der Waals surface area (Å²) < 4.78 is 31.7. The fraction of sp³-hybridized carbons (Fsp3) is 0.250. The van der Waals surface area contributed by atoms with Crippen LogP contribution in [0.5, 0.6) is 17.2 Å². The maximum Gasteiger partial charge on any atom is 0.161 e. The second-order valence-electron chi connectivity index (χ2n) is 7.26. The summed E-state index contributed by atoms with van der Waals surface area (Å²) in [5.41, 5.74) is 4.45. The Morgan fingerprint density at radius 1 is 1.00 bits per heavy atom. The molecular formula is C24H23FO4. The molecule has 0 bridgehead atoms. The largest absolute Gasteiger partial charge is 0.493 e. The molecule has 0 saturated heterocycles. The van der Waals surface area contributed by atoms with Crippen molar-refractivity contribution in [3.8, 4) is 39.5 Å². The summed E-state index contributed by atoms with van der Waals surface area (Å²) in [5, 5.41) is 9.96. The Morgan fingerprint density at radius 3 is 2.48 bits per heavy atom. The number of aliphatic hydroxyl groups is 1. The summed E-state index contributed by atoms with van der Waals surface area (Å²) in [6.45, 7) is 4.08. The number of hydrogen-bond donors (Lipinski definition) is 1. The fourth-order valence-corrected chi connectivity index (χ4v) is 3.65. The van der Waals surface area contributed by atoms with Crippen molar-refractivity contribution >= 4 is 0 Å². The molecule has 0 fully saturated rings. The van der Waals surface area contributed by atoms with Crippen molar-refractivity contribution in [3.05, 3.63) is 65.5 Å². The summed E-state index contributed by atoms with van der Waals surface area (Å²) in [6.07, 6.45) is 0.0167. The summed E-state index contributed by atoms with van der Waals surface area (Å²) >= 11 is 0. The number of hydrogen-bond acceptors (Lipinski definition) is 4. The van der Waals surface area contributed by atoms with Crippen LogP contribution in [0.3, 0.4) is 0 Å². The normalized spacial score (nSPS) is 12.2. The predicted octanol–water partition coefficient (Wildman–Crippen LogP) is 5.34. The van der Waals surface area contributed by atoms with Gasteiger partial charge in [-0.15, -0.1) is 0 Å². The van der Waals surface area contributed by atoms with Crippen LogP contribution in [0.15, 0.2) is 48.5 Å². The van der Waals surface area contributed by atoms with Crippen molar-refractivity contribution in [1.29, 1.82) is 0 Å². The Kier molecular flexibility index (Phi) is 5.16. The lowest BCUT2D eigenvalue weighted by Gasteiger charge is -2.25. The zero-order valence-corrected chi connectivity index (χ0v) is 16.7. The van der Waals surface area contributed by atoms with E-state index in [0.29, 0.717) is 40.5 Å². The zero-order valence-electron chi connectivity index (χ0n) is 16.7. The molecular weight excluding hydrogens is 371 g/mol. The summed E-state index contributed by atoms with van der Waals surface area (Å²) in [7, 11) is 1.61. The smallest absolute Gasteiger partial charge is 0.161 e. The molecule has 0 radical (unpaired) electrons. The van der Waals surface area contributed by atoms with Crippen LogP contribution in [0.25, 0.3) is 22.3 Å². The van der Waals surface area contributed by atoms with E-state index in [1.165, 1.54) is 6.07 Å². The van der Waals surface area contributed by atoms with E-state index in [4.69, 9.17) is 14.2 Å². The van der Waals surface area contributed by atoms with Gasteiger partial charge in [-0.3, -0.25) is 0 Å². The summed E-state index contributed by atoms with van der Waals surface area (Å²) in [4.78, 5) is 0. The molecule has 4 nitrogen and oxygen atoms in total. The molecule has 150 valence electrons. The van der Waals surface area contributed by atoms with E-state index in [1.807, 2.05) is 32.0 Å². The van der Waals surface area contributed by atoms with Crippen molar-refractivity contribution < 1.29 is 23.7 Å². The Morgan fingerprint density at radius 2 is 1.79 bits per heavy atom. The summed E-state index contributed by atoms with van der Waals surface area (Å²) in [5.74, 6) is 1.61. The Labute approximate surface area is 169 Å². The van der Waals surface area contributed by atoms with Gasteiger partial charge in [-0.2, -0.15) is 0 Å². The van der Waals surface area contributed by atoms with E-state index in [0.717, 1.165) is 16.7 Å². The number of rotatable bonds is 5. The van der Waals surface area contributed by atoms with Crippen molar-refractivity contribution in [2.75, 3.05) is 7.11 Å². The number of halogens is 1. The number of fused-ring (bicyclic) bond motifs is 3. The summed E-state index contributed by atoms with van der Waals surface area (Å²) in [6, 6.07) is 14.0. The van der Waals surface area contributed by atoms with Crippen LogP contribution in [0, 0.1) is 5.82 Å². The zero-order chi connectivity index (χ0) is 20.5. The minimum atomic E-state index is -0.337. The van der Waals surface area contributed by atoms with Gasteiger partial charge in [0.1, 0.15) is 18.2 Å². The minimum Gasteiger partial charge on any atom is -0.493 e. The Balaban J connectivity index is 1.87. The molecule has 1 aliphatic rings. The van der Waals surface area contributed by atoms with Crippen LogP contribution in [0.2, 0.25) is 0 Å². The van der Waals surface area contributed by atoms with E-state index in [-0.39, 0.29) is 18.5 Å². The molecule has 0 spiro atoms. The van der Waals surface area contributed by atoms with Crippen LogP contribution < -0.4 is 14.2 Å². The average molecular weight is 394 g/mol. The fourth-order valence-electron chi connectivity index (χ4n) is 3.65. The molecule has 0 amide bonds. The molecule has 0 unspecified atom stereocenters. The lowest BCUT2D eigenvalue weighted by atomic mass is 9.90. The number of ether oxygens (including phenoxy) is 3. The standard InChI is InChI=1S/C24H23FO4/c1-14(2)29-24-9-16-13-28-22-10-18(17-6-4-5-7-21(17)25)15(12-26)8-20(22)19(16)11-23(24)27-3/h4-11,14,26H,12-13H2,1-3H3. The molecule has 0 atom stereocenters. The van der Waals surface area contributed by atoms with Gasteiger partial charge >= 0.3 is 0 Å². The van der Waals surface area contributed by atoms with Crippen LogP contribution in [-0.4, -0.2) is 18.3 Å². The molecule has 3 aromatic rings. The van der Waals surface area contributed by atoms with E-state index >= 15 is 0 Å². The quantitative estimate of drug-likeness (QED) is 0.635. The number of benzene rings is 3. The monoisotopic (exact) mass is 394 g/mol. The van der Waals surface area contributed by atoms with Crippen LogP contribution >= 0.6 is 0 Å². The van der Waals surface area contributed by atoms with E-state index in [9.17, 15) is 9.50 Å². The molecule has 1 heterocycles. The first-order valence-electron chi connectivity index (χ1n) is 9.55.